The molecule has 1 atom stereocenters. The van der Waals surface area contributed by atoms with Crippen LogP contribution in [0.15, 0.2) is 36.5 Å². The summed E-state index contributed by atoms with van der Waals surface area (Å²) in [5.74, 6) is -1.32. The van der Waals surface area contributed by atoms with Crippen LogP contribution in [0.4, 0.5) is 0 Å². The maximum Gasteiger partial charge on any atom is 0.394 e. The molecule has 1 aliphatic heterocycles. The highest BCUT2D eigenvalue weighted by molar-refractivity contribution is 7.79. The molecule has 0 radical (unpaired) electrons. The lowest BCUT2D eigenvalue weighted by Crippen LogP contribution is -2.14. The van der Waals surface area contributed by atoms with Gasteiger partial charge in [0.2, 0.25) is 0 Å². The van der Waals surface area contributed by atoms with Gasteiger partial charge < -0.3 is 18.9 Å². The van der Waals surface area contributed by atoms with Crippen molar-refractivity contribution in [2.45, 2.75) is 26.9 Å². The average Bonchev–Trinajstić information content (AvgIpc) is 3.39. The van der Waals surface area contributed by atoms with Gasteiger partial charge in [-0.05, 0) is 20.8 Å². The van der Waals surface area contributed by atoms with Crippen LogP contribution in [0.1, 0.15) is 20.8 Å². The van der Waals surface area contributed by atoms with Crippen LogP contribution in [-0.2, 0) is 43.7 Å². The van der Waals surface area contributed by atoms with Gasteiger partial charge in [0.25, 0.3) is 0 Å². The second-order valence-corrected chi connectivity index (χ2v) is 6.51. The average molecular weight is 438 g/mol. The van der Waals surface area contributed by atoms with E-state index in [-0.39, 0.29) is 25.3 Å². The molecule has 0 aliphatic carbocycles. The Bertz CT molecular complexity index is 682. The van der Waals surface area contributed by atoms with Crippen LogP contribution in [0.3, 0.4) is 0 Å². The summed E-state index contributed by atoms with van der Waals surface area (Å²) in [7, 11) is -4.67. The number of carbonyl (C=O) groups excluding carboxylic acids is 3. The second-order valence-electron chi connectivity index (χ2n) is 5.61. The van der Waals surface area contributed by atoms with Gasteiger partial charge in [-0.2, -0.15) is 8.42 Å². The third-order valence-electron chi connectivity index (χ3n) is 2.40. The molecule has 12 heteroatoms. The number of rotatable bonds is 8. The van der Waals surface area contributed by atoms with E-state index in [9.17, 15) is 14.4 Å². The van der Waals surface area contributed by atoms with Crippen molar-refractivity contribution in [1.82, 2.24) is 0 Å². The number of epoxide rings is 1. The fourth-order valence-corrected chi connectivity index (χ4v) is 0.971. The molecule has 0 spiro atoms. The SMILES string of the molecule is C=C(C)C(=O)OCC1CO1.C=C(C)C(=O)OCCOC(=O)C(=C)C.O=S(=O)(O)O. The number of carbonyl (C=O) groups is 3. The summed E-state index contributed by atoms with van der Waals surface area (Å²) in [5.41, 5.74) is 1.06. The van der Waals surface area contributed by atoms with Gasteiger partial charge in [-0.15, -0.1) is 0 Å². The lowest BCUT2D eigenvalue weighted by molar-refractivity contribution is -0.147. The molecule has 0 aromatic heterocycles. The Morgan fingerprint density at radius 3 is 1.38 bits per heavy atom. The standard InChI is InChI=1S/C10H14O4.C7H10O3.H2O4S/c1-7(2)9(11)13-5-6-14-10(12)8(3)4;1-5(2)7(8)10-4-6-3-9-6;1-5(2,3)4/h1,3,5-6H2,2,4H3;6H,1,3-4H2,2H3;(H2,1,2,3,4). The van der Waals surface area contributed by atoms with Crippen LogP contribution >= 0.6 is 0 Å². The van der Waals surface area contributed by atoms with Crippen molar-refractivity contribution in [2.24, 2.45) is 0 Å². The van der Waals surface area contributed by atoms with Gasteiger partial charge in [-0.1, -0.05) is 19.7 Å². The lowest BCUT2D eigenvalue weighted by Gasteiger charge is -2.05. The molecular formula is C17H26O11S. The van der Waals surface area contributed by atoms with E-state index in [0.29, 0.717) is 29.9 Å². The quantitative estimate of drug-likeness (QED) is 0.139. The molecule has 1 heterocycles. The summed E-state index contributed by atoms with van der Waals surface area (Å²) in [5, 5.41) is 0. The molecule has 1 saturated heterocycles. The first-order valence-electron chi connectivity index (χ1n) is 7.94. The Labute approximate surface area is 169 Å². The highest BCUT2D eigenvalue weighted by Crippen LogP contribution is 2.09. The Balaban J connectivity index is 0. The molecule has 0 aromatic rings. The van der Waals surface area contributed by atoms with Gasteiger partial charge in [-0.3, -0.25) is 9.11 Å². The molecule has 1 fully saturated rings. The van der Waals surface area contributed by atoms with Crippen molar-refractivity contribution in [3.05, 3.63) is 36.5 Å². The Morgan fingerprint density at radius 1 is 0.862 bits per heavy atom. The van der Waals surface area contributed by atoms with Crippen molar-refractivity contribution in [3.8, 4) is 0 Å². The molecule has 0 bridgehead atoms. The molecule has 0 amide bonds. The first kappa shape index (κ1) is 28.7. The van der Waals surface area contributed by atoms with Crippen LogP contribution in [-0.4, -0.2) is 68.0 Å². The minimum atomic E-state index is -4.67. The zero-order chi connectivity index (χ0) is 23.2. The molecule has 1 rings (SSSR count). The first-order valence-corrected chi connectivity index (χ1v) is 9.34. The maximum atomic E-state index is 10.8. The van der Waals surface area contributed by atoms with Crippen molar-refractivity contribution in [2.75, 3.05) is 26.4 Å². The van der Waals surface area contributed by atoms with E-state index >= 15 is 0 Å². The van der Waals surface area contributed by atoms with E-state index in [4.69, 9.17) is 27.0 Å². The Hall–Kier alpha value is -2.54. The van der Waals surface area contributed by atoms with Crippen LogP contribution in [0.5, 0.6) is 0 Å². The zero-order valence-electron chi connectivity index (χ0n) is 16.5. The Morgan fingerprint density at radius 2 is 1.14 bits per heavy atom. The highest BCUT2D eigenvalue weighted by atomic mass is 32.3. The number of esters is 3. The predicted molar refractivity (Wildman–Crippen MR) is 101 cm³/mol. The molecule has 166 valence electrons. The number of hydrogen-bond donors (Lipinski definition) is 2. The van der Waals surface area contributed by atoms with Gasteiger partial charge in [0.1, 0.15) is 25.9 Å². The largest absolute Gasteiger partial charge is 0.459 e. The minimum Gasteiger partial charge on any atom is -0.459 e. The minimum absolute atomic E-state index is 0.0325. The van der Waals surface area contributed by atoms with Crippen molar-refractivity contribution in [3.63, 3.8) is 0 Å². The molecule has 0 aromatic carbocycles. The van der Waals surface area contributed by atoms with Gasteiger partial charge in [-0.25, -0.2) is 14.4 Å². The first-order chi connectivity index (χ1) is 13.1. The summed E-state index contributed by atoms with van der Waals surface area (Å²) in [6.07, 6.45) is 0.142. The van der Waals surface area contributed by atoms with Crippen LogP contribution in [0.25, 0.3) is 0 Å². The molecule has 1 unspecified atom stereocenters. The van der Waals surface area contributed by atoms with Crippen molar-refractivity contribution < 1.29 is 50.9 Å². The summed E-state index contributed by atoms with van der Waals surface area (Å²) < 4.78 is 50.6. The summed E-state index contributed by atoms with van der Waals surface area (Å²) in [6.45, 7) is 16.1. The molecule has 2 N–H and O–H groups in total. The van der Waals surface area contributed by atoms with Gasteiger partial charge in [0.15, 0.2) is 0 Å². The van der Waals surface area contributed by atoms with Gasteiger partial charge in [0.05, 0.1) is 6.61 Å². The smallest absolute Gasteiger partial charge is 0.394 e. The van der Waals surface area contributed by atoms with Crippen LogP contribution < -0.4 is 0 Å². The number of hydrogen-bond acceptors (Lipinski definition) is 9. The monoisotopic (exact) mass is 438 g/mol. The van der Waals surface area contributed by atoms with E-state index in [1.165, 1.54) is 0 Å². The Kier molecular flexibility index (Phi) is 14.3. The summed E-state index contributed by atoms with van der Waals surface area (Å²) >= 11 is 0. The topological polar surface area (TPSA) is 166 Å². The third kappa shape index (κ3) is 23.4. The molecule has 11 nitrogen and oxygen atoms in total. The van der Waals surface area contributed by atoms with E-state index in [2.05, 4.69) is 29.2 Å². The van der Waals surface area contributed by atoms with Crippen LogP contribution in [0.2, 0.25) is 0 Å². The van der Waals surface area contributed by atoms with E-state index in [0.717, 1.165) is 0 Å². The van der Waals surface area contributed by atoms with Gasteiger partial charge in [0, 0.05) is 16.7 Å². The lowest BCUT2D eigenvalue weighted by atomic mass is 10.4. The van der Waals surface area contributed by atoms with E-state index < -0.39 is 22.3 Å². The molecular weight excluding hydrogens is 412 g/mol. The third-order valence-corrected chi connectivity index (χ3v) is 2.40. The normalized spacial score (nSPS) is 13.9. The van der Waals surface area contributed by atoms with Gasteiger partial charge >= 0.3 is 28.3 Å². The van der Waals surface area contributed by atoms with Crippen molar-refractivity contribution >= 4 is 28.3 Å². The summed E-state index contributed by atoms with van der Waals surface area (Å²) in [4.78, 5) is 32.4. The molecule has 1 aliphatic rings. The van der Waals surface area contributed by atoms with Crippen LogP contribution in [0, 0.1) is 0 Å². The van der Waals surface area contributed by atoms with E-state index in [1.54, 1.807) is 20.8 Å². The summed E-state index contributed by atoms with van der Waals surface area (Å²) in [6, 6.07) is 0. The van der Waals surface area contributed by atoms with Crippen molar-refractivity contribution in [1.29, 1.82) is 0 Å². The molecule has 29 heavy (non-hydrogen) atoms. The highest BCUT2D eigenvalue weighted by Gasteiger charge is 2.24. The number of ether oxygens (including phenoxy) is 4. The predicted octanol–water partition coefficient (Wildman–Crippen LogP) is 1.08. The maximum absolute atomic E-state index is 10.8. The second kappa shape index (κ2) is 14.5. The zero-order valence-corrected chi connectivity index (χ0v) is 17.3. The molecule has 0 saturated carbocycles. The van der Waals surface area contributed by atoms with E-state index in [1.807, 2.05) is 0 Å². The fourth-order valence-electron chi connectivity index (χ4n) is 0.971. The fraction of sp³-hybridized carbons (Fsp3) is 0.471.